The molecule has 2 aromatic carbocycles. The van der Waals surface area contributed by atoms with Gasteiger partial charge in [-0.1, -0.05) is 17.7 Å². The zero-order valence-electron chi connectivity index (χ0n) is 13.1. The maximum absolute atomic E-state index is 12.1. The van der Waals surface area contributed by atoms with Gasteiger partial charge in [0, 0.05) is 5.69 Å². The predicted molar refractivity (Wildman–Crippen MR) is 87.5 cm³/mol. The molecule has 0 aromatic heterocycles. The highest BCUT2D eigenvalue weighted by atomic mass is 16.5. The standard InChI is InChI=1S/C18H21NO3/c1-4-21-16-11-7-15(8-12-16)19-18(20)14(3)22-17-9-5-13(2)6-10-17/h5-12,14H,4H2,1-3H3,(H,19,20)/t14-/m0/s1. The lowest BCUT2D eigenvalue weighted by molar-refractivity contribution is -0.122. The Morgan fingerprint density at radius 1 is 1.05 bits per heavy atom. The summed E-state index contributed by atoms with van der Waals surface area (Å²) < 4.78 is 11.0. The van der Waals surface area contributed by atoms with Crippen molar-refractivity contribution in [2.75, 3.05) is 11.9 Å². The van der Waals surface area contributed by atoms with Crippen LogP contribution < -0.4 is 14.8 Å². The molecule has 0 bridgehead atoms. The molecule has 1 atom stereocenters. The number of aryl methyl sites for hydroxylation is 1. The van der Waals surface area contributed by atoms with Crippen LogP contribution in [0.25, 0.3) is 0 Å². The molecule has 4 nitrogen and oxygen atoms in total. The van der Waals surface area contributed by atoms with Crippen molar-refractivity contribution in [3.05, 3.63) is 54.1 Å². The lowest BCUT2D eigenvalue weighted by atomic mass is 10.2. The third kappa shape index (κ3) is 4.52. The molecule has 0 aliphatic carbocycles. The van der Waals surface area contributed by atoms with Crippen LogP contribution in [0.1, 0.15) is 19.4 Å². The van der Waals surface area contributed by atoms with Gasteiger partial charge in [0.25, 0.3) is 5.91 Å². The molecule has 22 heavy (non-hydrogen) atoms. The summed E-state index contributed by atoms with van der Waals surface area (Å²) in [4.78, 5) is 12.1. The fraction of sp³-hybridized carbons (Fsp3) is 0.278. The number of hydrogen-bond donors (Lipinski definition) is 1. The minimum absolute atomic E-state index is 0.190. The van der Waals surface area contributed by atoms with E-state index in [1.165, 1.54) is 0 Å². The van der Waals surface area contributed by atoms with Gasteiger partial charge in [0.05, 0.1) is 6.61 Å². The monoisotopic (exact) mass is 299 g/mol. The number of nitrogens with one attached hydrogen (secondary N) is 1. The number of ether oxygens (including phenoxy) is 2. The minimum Gasteiger partial charge on any atom is -0.494 e. The van der Waals surface area contributed by atoms with Crippen molar-refractivity contribution in [3.8, 4) is 11.5 Å². The fourth-order valence-corrected chi connectivity index (χ4v) is 1.92. The second-order valence-electron chi connectivity index (χ2n) is 5.02. The van der Waals surface area contributed by atoms with Crippen LogP contribution >= 0.6 is 0 Å². The summed E-state index contributed by atoms with van der Waals surface area (Å²) in [6.45, 7) is 6.28. The van der Waals surface area contributed by atoms with Gasteiger partial charge in [-0.2, -0.15) is 0 Å². The van der Waals surface area contributed by atoms with E-state index in [0.29, 0.717) is 18.0 Å². The van der Waals surface area contributed by atoms with Crippen LogP contribution in [0, 0.1) is 6.92 Å². The third-order valence-electron chi connectivity index (χ3n) is 3.14. The van der Waals surface area contributed by atoms with Crippen molar-refractivity contribution in [3.63, 3.8) is 0 Å². The Balaban J connectivity index is 1.91. The molecule has 0 radical (unpaired) electrons. The molecule has 4 heteroatoms. The van der Waals surface area contributed by atoms with Gasteiger partial charge < -0.3 is 14.8 Å². The van der Waals surface area contributed by atoms with Crippen molar-refractivity contribution in [1.82, 2.24) is 0 Å². The summed E-state index contributed by atoms with van der Waals surface area (Å²) in [6.07, 6.45) is -0.575. The molecule has 0 saturated heterocycles. The highest BCUT2D eigenvalue weighted by Crippen LogP contribution is 2.17. The molecule has 0 aliphatic heterocycles. The number of amides is 1. The molecule has 1 N–H and O–H groups in total. The van der Waals surface area contributed by atoms with E-state index < -0.39 is 6.10 Å². The molecule has 0 fully saturated rings. The van der Waals surface area contributed by atoms with E-state index in [1.54, 1.807) is 6.92 Å². The molecule has 1 amide bonds. The lowest BCUT2D eigenvalue weighted by Gasteiger charge is -2.15. The van der Waals surface area contributed by atoms with Gasteiger partial charge in [0.15, 0.2) is 6.10 Å². The maximum atomic E-state index is 12.1. The first-order chi connectivity index (χ1) is 10.6. The van der Waals surface area contributed by atoms with Gasteiger partial charge in [-0.3, -0.25) is 4.79 Å². The topological polar surface area (TPSA) is 47.6 Å². The van der Waals surface area contributed by atoms with E-state index in [-0.39, 0.29) is 5.91 Å². The molecule has 0 saturated carbocycles. The Morgan fingerprint density at radius 3 is 2.23 bits per heavy atom. The second-order valence-corrected chi connectivity index (χ2v) is 5.02. The third-order valence-corrected chi connectivity index (χ3v) is 3.14. The number of benzene rings is 2. The average molecular weight is 299 g/mol. The van der Waals surface area contributed by atoms with Crippen LogP contribution in [0.15, 0.2) is 48.5 Å². The summed E-state index contributed by atoms with van der Waals surface area (Å²) >= 11 is 0. The van der Waals surface area contributed by atoms with Gasteiger partial charge in [0.1, 0.15) is 11.5 Å². The summed E-state index contributed by atoms with van der Waals surface area (Å²) in [5, 5.41) is 2.82. The number of anilines is 1. The summed E-state index contributed by atoms with van der Waals surface area (Å²) in [5.74, 6) is 1.27. The number of hydrogen-bond acceptors (Lipinski definition) is 3. The average Bonchev–Trinajstić information content (AvgIpc) is 2.51. The molecule has 2 rings (SSSR count). The van der Waals surface area contributed by atoms with E-state index >= 15 is 0 Å². The van der Waals surface area contributed by atoms with E-state index in [0.717, 1.165) is 11.3 Å². The summed E-state index contributed by atoms with van der Waals surface area (Å²) in [7, 11) is 0. The molecule has 0 spiro atoms. The molecular formula is C18H21NO3. The van der Waals surface area contributed by atoms with E-state index in [4.69, 9.17) is 9.47 Å². The normalized spacial score (nSPS) is 11.6. The molecular weight excluding hydrogens is 278 g/mol. The minimum atomic E-state index is -0.575. The smallest absolute Gasteiger partial charge is 0.265 e. The van der Waals surface area contributed by atoms with Crippen LogP contribution in [-0.2, 0) is 4.79 Å². The van der Waals surface area contributed by atoms with Crippen LogP contribution in [0.5, 0.6) is 11.5 Å². The summed E-state index contributed by atoms with van der Waals surface area (Å²) in [5.41, 5.74) is 1.87. The zero-order chi connectivity index (χ0) is 15.9. The molecule has 116 valence electrons. The SMILES string of the molecule is CCOc1ccc(NC(=O)[C@H](C)Oc2ccc(C)cc2)cc1. The highest BCUT2D eigenvalue weighted by Gasteiger charge is 2.14. The van der Waals surface area contributed by atoms with Crippen molar-refractivity contribution in [1.29, 1.82) is 0 Å². The molecule has 0 aliphatic rings. The van der Waals surface area contributed by atoms with Gasteiger partial charge in [0.2, 0.25) is 0 Å². The maximum Gasteiger partial charge on any atom is 0.265 e. The van der Waals surface area contributed by atoms with Crippen molar-refractivity contribution in [2.45, 2.75) is 26.9 Å². The Kier molecular flexibility index (Phi) is 5.42. The van der Waals surface area contributed by atoms with E-state index in [2.05, 4.69) is 5.32 Å². The van der Waals surface area contributed by atoms with Crippen molar-refractivity contribution >= 4 is 11.6 Å². The first kappa shape index (κ1) is 15.9. The fourth-order valence-electron chi connectivity index (χ4n) is 1.92. The van der Waals surface area contributed by atoms with Gasteiger partial charge in [-0.05, 0) is 57.2 Å². The predicted octanol–water partition coefficient (Wildman–Crippen LogP) is 3.80. The van der Waals surface area contributed by atoms with Gasteiger partial charge in [-0.15, -0.1) is 0 Å². The van der Waals surface area contributed by atoms with Gasteiger partial charge >= 0.3 is 0 Å². The number of carbonyl (C=O) groups is 1. The molecule has 0 unspecified atom stereocenters. The van der Waals surface area contributed by atoms with Gasteiger partial charge in [-0.25, -0.2) is 0 Å². The Hall–Kier alpha value is -2.49. The zero-order valence-corrected chi connectivity index (χ0v) is 13.1. The molecule has 2 aromatic rings. The van der Waals surface area contributed by atoms with Crippen molar-refractivity contribution in [2.24, 2.45) is 0 Å². The van der Waals surface area contributed by atoms with Crippen molar-refractivity contribution < 1.29 is 14.3 Å². The van der Waals surface area contributed by atoms with Crippen LogP contribution in [0.4, 0.5) is 5.69 Å². The Labute approximate surface area is 131 Å². The largest absolute Gasteiger partial charge is 0.494 e. The molecule has 0 heterocycles. The number of rotatable bonds is 6. The highest BCUT2D eigenvalue weighted by molar-refractivity contribution is 5.94. The first-order valence-electron chi connectivity index (χ1n) is 7.35. The van der Waals surface area contributed by atoms with Crippen LogP contribution in [0.2, 0.25) is 0 Å². The Bertz CT molecular complexity index is 605. The van der Waals surface area contributed by atoms with E-state index in [9.17, 15) is 4.79 Å². The van der Waals surface area contributed by atoms with Crippen LogP contribution in [0.3, 0.4) is 0 Å². The summed E-state index contributed by atoms with van der Waals surface area (Å²) in [6, 6.07) is 14.9. The second kappa shape index (κ2) is 7.50. The Morgan fingerprint density at radius 2 is 1.64 bits per heavy atom. The lowest BCUT2D eigenvalue weighted by Crippen LogP contribution is -2.30. The first-order valence-corrected chi connectivity index (χ1v) is 7.35. The number of carbonyl (C=O) groups excluding carboxylic acids is 1. The van der Waals surface area contributed by atoms with Crippen LogP contribution in [-0.4, -0.2) is 18.6 Å². The quantitative estimate of drug-likeness (QED) is 0.882. The van der Waals surface area contributed by atoms with E-state index in [1.807, 2.05) is 62.4 Å².